The molecule has 4 heteroatoms. The maximum absolute atomic E-state index is 13.5. The third kappa shape index (κ3) is 5.05. The second kappa shape index (κ2) is 9.11. The summed E-state index contributed by atoms with van der Waals surface area (Å²) >= 11 is 0. The summed E-state index contributed by atoms with van der Waals surface area (Å²) < 4.78 is 26.9. The molecule has 2 nitrogen and oxygen atoms in total. The smallest absolute Gasteiger partial charge is 0.328 e. The van der Waals surface area contributed by atoms with Crippen molar-refractivity contribution >= 4 is 23.2 Å². The summed E-state index contributed by atoms with van der Waals surface area (Å²) in [5.41, 5.74) is 5.34. The number of carbonyl (C=O) groups is 1. The molecule has 0 unspecified atom stereocenters. The van der Waals surface area contributed by atoms with E-state index in [0.29, 0.717) is 6.42 Å². The lowest BCUT2D eigenvalue weighted by Crippen LogP contribution is -1.96. The number of carboxylic acid groups (broad SMARTS) is 1. The van der Waals surface area contributed by atoms with E-state index >= 15 is 0 Å². The molecule has 0 aromatic heterocycles. The van der Waals surface area contributed by atoms with Gasteiger partial charge in [0.05, 0.1) is 0 Å². The van der Waals surface area contributed by atoms with Crippen LogP contribution in [-0.2, 0) is 4.79 Å². The monoisotopic (exact) mass is 390 g/mol. The Kier molecular flexibility index (Phi) is 6.35. The minimum absolute atomic E-state index is 0.320. The van der Waals surface area contributed by atoms with E-state index < -0.39 is 5.97 Å². The molecule has 0 aliphatic carbocycles. The van der Waals surface area contributed by atoms with Crippen molar-refractivity contribution in [2.45, 2.75) is 13.3 Å². The number of benzene rings is 3. The van der Waals surface area contributed by atoms with Gasteiger partial charge in [-0.1, -0.05) is 55.5 Å². The van der Waals surface area contributed by atoms with Crippen LogP contribution in [0.5, 0.6) is 0 Å². The van der Waals surface area contributed by atoms with Crippen LogP contribution < -0.4 is 0 Å². The quantitative estimate of drug-likeness (QED) is 0.389. The lowest BCUT2D eigenvalue weighted by molar-refractivity contribution is -0.131. The minimum Gasteiger partial charge on any atom is -0.478 e. The zero-order chi connectivity index (χ0) is 20.8. The van der Waals surface area contributed by atoms with Gasteiger partial charge in [0.15, 0.2) is 0 Å². The molecule has 0 amide bonds. The topological polar surface area (TPSA) is 37.3 Å². The van der Waals surface area contributed by atoms with Gasteiger partial charge in [0.1, 0.15) is 11.6 Å². The van der Waals surface area contributed by atoms with E-state index in [-0.39, 0.29) is 11.6 Å². The molecular formula is C25H20F2O2. The number of rotatable bonds is 6. The molecule has 1 N–H and O–H groups in total. The highest BCUT2D eigenvalue weighted by molar-refractivity contribution is 5.98. The SMILES string of the molecule is CCC(=C(c1ccc(F)cc1)c1ccc(F)cc1)c1ccc(/C=C/C(=O)O)cc1. The summed E-state index contributed by atoms with van der Waals surface area (Å²) in [5.74, 6) is -1.64. The van der Waals surface area contributed by atoms with Crippen LogP contribution in [-0.4, -0.2) is 11.1 Å². The van der Waals surface area contributed by atoms with Crippen molar-refractivity contribution in [1.82, 2.24) is 0 Å². The van der Waals surface area contributed by atoms with Gasteiger partial charge in [-0.3, -0.25) is 0 Å². The Balaban J connectivity index is 2.14. The van der Waals surface area contributed by atoms with Crippen LogP contribution in [0.1, 0.15) is 35.6 Å². The van der Waals surface area contributed by atoms with Gasteiger partial charge in [-0.2, -0.15) is 0 Å². The van der Waals surface area contributed by atoms with Gasteiger partial charge in [-0.05, 0) is 70.2 Å². The second-order valence-corrected chi connectivity index (χ2v) is 6.51. The van der Waals surface area contributed by atoms with E-state index in [9.17, 15) is 13.6 Å². The van der Waals surface area contributed by atoms with Crippen molar-refractivity contribution in [3.8, 4) is 0 Å². The molecule has 0 saturated carbocycles. The highest BCUT2D eigenvalue weighted by Crippen LogP contribution is 2.34. The number of carboxylic acids is 1. The first-order chi connectivity index (χ1) is 14.0. The molecule has 0 spiro atoms. The Morgan fingerprint density at radius 2 is 1.24 bits per heavy atom. The summed E-state index contributed by atoms with van der Waals surface area (Å²) in [7, 11) is 0. The fourth-order valence-corrected chi connectivity index (χ4v) is 3.24. The van der Waals surface area contributed by atoms with E-state index in [1.165, 1.54) is 30.3 Å². The van der Waals surface area contributed by atoms with Crippen molar-refractivity contribution in [3.63, 3.8) is 0 Å². The van der Waals surface area contributed by atoms with Crippen LogP contribution in [0.2, 0.25) is 0 Å². The Bertz CT molecular complexity index is 998. The molecule has 0 aliphatic heterocycles. The van der Waals surface area contributed by atoms with Crippen LogP contribution in [0.4, 0.5) is 8.78 Å². The molecule has 0 saturated heterocycles. The average Bonchev–Trinajstić information content (AvgIpc) is 2.73. The van der Waals surface area contributed by atoms with Crippen molar-refractivity contribution < 1.29 is 18.7 Å². The first kappa shape index (κ1) is 20.2. The van der Waals surface area contributed by atoms with E-state index in [1.54, 1.807) is 24.3 Å². The number of halogens is 2. The van der Waals surface area contributed by atoms with E-state index in [4.69, 9.17) is 5.11 Å². The fraction of sp³-hybridized carbons (Fsp3) is 0.0800. The third-order valence-electron chi connectivity index (χ3n) is 4.60. The zero-order valence-electron chi connectivity index (χ0n) is 15.9. The van der Waals surface area contributed by atoms with Gasteiger partial charge < -0.3 is 5.11 Å². The largest absolute Gasteiger partial charge is 0.478 e. The van der Waals surface area contributed by atoms with Gasteiger partial charge in [0.25, 0.3) is 0 Å². The molecule has 29 heavy (non-hydrogen) atoms. The Morgan fingerprint density at radius 3 is 1.66 bits per heavy atom. The van der Waals surface area contributed by atoms with Crippen molar-refractivity contribution in [2.75, 3.05) is 0 Å². The minimum atomic E-state index is -1.00. The van der Waals surface area contributed by atoms with Gasteiger partial charge >= 0.3 is 5.97 Å². The Labute approximate surface area is 168 Å². The molecule has 0 bridgehead atoms. The first-order valence-corrected chi connectivity index (χ1v) is 9.24. The average molecular weight is 390 g/mol. The molecular weight excluding hydrogens is 370 g/mol. The van der Waals surface area contributed by atoms with Crippen LogP contribution >= 0.6 is 0 Å². The summed E-state index contributed by atoms with van der Waals surface area (Å²) in [6.07, 6.45) is 3.32. The number of hydrogen-bond donors (Lipinski definition) is 1. The van der Waals surface area contributed by atoms with E-state index in [1.807, 2.05) is 31.2 Å². The predicted molar refractivity (Wildman–Crippen MR) is 112 cm³/mol. The van der Waals surface area contributed by atoms with Gasteiger partial charge in [0.2, 0.25) is 0 Å². The van der Waals surface area contributed by atoms with Gasteiger partial charge in [0, 0.05) is 6.08 Å². The Hall–Kier alpha value is -3.53. The summed E-state index contributed by atoms with van der Waals surface area (Å²) in [5, 5.41) is 8.77. The summed E-state index contributed by atoms with van der Waals surface area (Å²) in [4.78, 5) is 10.7. The maximum Gasteiger partial charge on any atom is 0.328 e. The maximum atomic E-state index is 13.5. The molecule has 0 fully saturated rings. The third-order valence-corrected chi connectivity index (χ3v) is 4.60. The Morgan fingerprint density at radius 1 is 0.793 bits per heavy atom. The highest BCUT2D eigenvalue weighted by atomic mass is 19.1. The lowest BCUT2D eigenvalue weighted by Gasteiger charge is -2.16. The van der Waals surface area contributed by atoms with E-state index in [0.717, 1.165) is 39.5 Å². The molecule has 3 aromatic carbocycles. The van der Waals surface area contributed by atoms with Gasteiger partial charge in [-0.15, -0.1) is 0 Å². The fourth-order valence-electron chi connectivity index (χ4n) is 3.24. The molecule has 0 aliphatic rings. The number of hydrogen-bond acceptors (Lipinski definition) is 1. The second-order valence-electron chi connectivity index (χ2n) is 6.51. The first-order valence-electron chi connectivity index (χ1n) is 9.24. The normalized spacial score (nSPS) is 10.9. The summed E-state index contributed by atoms with van der Waals surface area (Å²) in [6.45, 7) is 2.03. The van der Waals surface area contributed by atoms with Crippen molar-refractivity contribution in [1.29, 1.82) is 0 Å². The zero-order valence-corrected chi connectivity index (χ0v) is 15.9. The van der Waals surface area contributed by atoms with Crippen LogP contribution in [0, 0.1) is 11.6 Å². The van der Waals surface area contributed by atoms with Crippen molar-refractivity contribution in [3.05, 3.63) is 113 Å². The summed E-state index contributed by atoms with van der Waals surface area (Å²) in [6, 6.07) is 20.0. The lowest BCUT2D eigenvalue weighted by atomic mass is 9.88. The molecule has 3 rings (SSSR count). The number of aliphatic carboxylic acids is 1. The standard InChI is InChI=1S/C25H20F2O2/c1-2-23(18-6-3-17(4-7-18)5-16-24(28)29)25(19-8-12-21(26)13-9-19)20-10-14-22(27)15-11-20/h3-16H,2H2,1H3,(H,28,29)/b16-5+. The highest BCUT2D eigenvalue weighted by Gasteiger charge is 2.13. The van der Waals surface area contributed by atoms with E-state index in [2.05, 4.69) is 0 Å². The van der Waals surface area contributed by atoms with Crippen molar-refractivity contribution in [2.24, 2.45) is 0 Å². The van der Waals surface area contributed by atoms with Gasteiger partial charge in [-0.25, -0.2) is 13.6 Å². The van der Waals surface area contributed by atoms with Crippen LogP contribution in [0.15, 0.2) is 78.9 Å². The molecule has 0 atom stereocenters. The van der Waals surface area contributed by atoms with Crippen LogP contribution in [0.25, 0.3) is 17.2 Å². The molecule has 3 aromatic rings. The molecule has 0 radical (unpaired) electrons. The molecule has 0 heterocycles. The van der Waals surface area contributed by atoms with Crippen LogP contribution in [0.3, 0.4) is 0 Å². The number of allylic oxidation sites excluding steroid dienone is 1. The predicted octanol–water partition coefficient (Wildman–Crippen LogP) is 6.43. The molecule has 146 valence electrons.